The average Bonchev–Trinajstić information content (AvgIpc) is 3.27. The molecule has 0 aliphatic carbocycles. The summed E-state index contributed by atoms with van der Waals surface area (Å²) in [7, 11) is 0. The van der Waals surface area contributed by atoms with Gasteiger partial charge < -0.3 is 14.6 Å². The smallest absolute Gasteiger partial charge is 0.128 e. The normalized spacial score (nSPS) is 15.2. The molecule has 1 aliphatic rings. The van der Waals surface area contributed by atoms with E-state index >= 15 is 0 Å². The number of piperazine rings is 1. The van der Waals surface area contributed by atoms with Crippen LogP contribution in [0.15, 0.2) is 103 Å². The van der Waals surface area contributed by atoms with Gasteiger partial charge in [-0.2, -0.15) is 0 Å². The van der Waals surface area contributed by atoms with E-state index in [1.54, 1.807) is 0 Å². The molecule has 0 amide bonds. The topological polar surface area (TPSA) is 44.5 Å². The molecule has 2 aromatic heterocycles. The van der Waals surface area contributed by atoms with Crippen LogP contribution in [0, 0.1) is 6.92 Å². The van der Waals surface area contributed by atoms with Gasteiger partial charge in [0.05, 0.1) is 18.3 Å². The van der Waals surface area contributed by atoms with Crippen LogP contribution in [0.3, 0.4) is 0 Å². The van der Waals surface area contributed by atoms with Crippen molar-refractivity contribution in [1.82, 2.24) is 14.5 Å². The number of nitrogens with zero attached hydrogens (tertiary/aromatic N) is 4. The lowest BCUT2D eigenvalue weighted by atomic mass is 9.98. The van der Waals surface area contributed by atoms with E-state index in [2.05, 4.69) is 111 Å². The second-order valence-corrected chi connectivity index (χ2v) is 10.2. The molecule has 5 heteroatoms. The summed E-state index contributed by atoms with van der Waals surface area (Å²) < 4.78 is 2.33. The first-order valence-corrected chi connectivity index (χ1v) is 13.5. The lowest BCUT2D eigenvalue weighted by Gasteiger charge is -2.36. The highest BCUT2D eigenvalue weighted by atomic mass is 16.3. The number of aromatic nitrogens is 2. The standard InChI is InChI=1S/C33H34N4O/c1-25-15-16-30-29(22-25)32(26-10-4-2-5-11-26)33(27-12-6-3-7-13-27)37(30)24-28(38)23-35-18-20-36(21-19-35)31-14-8-9-17-34-31/h2-17,22,28,38H,18-21,23-24H2,1H3/t28-/m1/s1. The summed E-state index contributed by atoms with van der Waals surface area (Å²) in [5, 5.41) is 12.6. The minimum Gasteiger partial charge on any atom is -0.390 e. The van der Waals surface area contributed by atoms with Crippen LogP contribution in [-0.4, -0.2) is 58.4 Å². The molecule has 0 radical (unpaired) electrons. The van der Waals surface area contributed by atoms with E-state index in [9.17, 15) is 5.11 Å². The van der Waals surface area contributed by atoms with E-state index in [0.717, 1.165) is 48.8 Å². The number of anilines is 1. The van der Waals surface area contributed by atoms with Gasteiger partial charge in [0.15, 0.2) is 0 Å². The summed E-state index contributed by atoms with van der Waals surface area (Å²) in [5.41, 5.74) is 7.14. The number of aryl methyl sites for hydroxylation is 1. The van der Waals surface area contributed by atoms with E-state index in [1.807, 2.05) is 18.3 Å². The number of hydrogen-bond acceptors (Lipinski definition) is 4. The molecule has 1 saturated heterocycles. The molecule has 3 aromatic carbocycles. The van der Waals surface area contributed by atoms with Crippen molar-refractivity contribution in [3.05, 3.63) is 109 Å². The van der Waals surface area contributed by atoms with Crippen molar-refractivity contribution in [2.45, 2.75) is 19.6 Å². The van der Waals surface area contributed by atoms with Crippen LogP contribution < -0.4 is 4.90 Å². The zero-order valence-electron chi connectivity index (χ0n) is 21.9. The molecule has 0 bridgehead atoms. The fraction of sp³-hybridized carbons (Fsp3) is 0.242. The number of benzene rings is 3. The Bertz CT molecular complexity index is 1490. The van der Waals surface area contributed by atoms with Gasteiger partial charge >= 0.3 is 0 Å². The Labute approximate surface area is 224 Å². The third-order valence-electron chi connectivity index (χ3n) is 7.54. The van der Waals surface area contributed by atoms with Gasteiger partial charge in [0, 0.05) is 55.4 Å². The predicted molar refractivity (Wildman–Crippen MR) is 156 cm³/mol. The zero-order valence-corrected chi connectivity index (χ0v) is 21.9. The van der Waals surface area contributed by atoms with Gasteiger partial charge in [-0.25, -0.2) is 4.98 Å². The van der Waals surface area contributed by atoms with Crippen molar-refractivity contribution >= 4 is 16.7 Å². The SMILES string of the molecule is Cc1ccc2c(c1)c(-c1ccccc1)c(-c1ccccc1)n2C[C@H](O)CN1CCN(c2ccccn2)CC1. The molecule has 1 fully saturated rings. The highest BCUT2D eigenvalue weighted by Gasteiger charge is 2.24. The molecule has 0 unspecified atom stereocenters. The summed E-state index contributed by atoms with van der Waals surface area (Å²) in [6.07, 6.45) is 1.36. The predicted octanol–water partition coefficient (Wildman–Crippen LogP) is 5.86. The monoisotopic (exact) mass is 502 g/mol. The maximum atomic E-state index is 11.4. The third kappa shape index (κ3) is 4.95. The summed E-state index contributed by atoms with van der Waals surface area (Å²) >= 11 is 0. The van der Waals surface area contributed by atoms with E-state index in [0.29, 0.717) is 13.1 Å². The average molecular weight is 503 g/mol. The third-order valence-corrected chi connectivity index (χ3v) is 7.54. The zero-order chi connectivity index (χ0) is 25.9. The maximum absolute atomic E-state index is 11.4. The first-order valence-electron chi connectivity index (χ1n) is 13.5. The second-order valence-electron chi connectivity index (χ2n) is 10.2. The number of rotatable bonds is 7. The summed E-state index contributed by atoms with van der Waals surface area (Å²) in [6.45, 7) is 7.01. The van der Waals surface area contributed by atoms with Crippen molar-refractivity contribution in [3.63, 3.8) is 0 Å². The molecule has 0 spiro atoms. The Balaban J connectivity index is 1.31. The lowest BCUT2D eigenvalue weighted by molar-refractivity contribution is 0.0963. The van der Waals surface area contributed by atoms with Gasteiger partial charge in [0.25, 0.3) is 0 Å². The van der Waals surface area contributed by atoms with E-state index in [4.69, 9.17) is 0 Å². The highest BCUT2D eigenvalue weighted by molar-refractivity contribution is 6.04. The number of aliphatic hydroxyl groups is 1. The summed E-state index contributed by atoms with van der Waals surface area (Å²) in [4.78, 5) is 9.20. The maximum Gasteiger partial charge on any atom is 0.128 e. The van der Waals surface area contributed by atoms with E-state index in [-0.39, 0.29) is 0 Å². The molecule has 1 atom stereocenters. The molecule has 3 heterocycles. The largest absolute Gasteiger partial charge is 0.390 e. The van der Waals surface area contributed by atoms with Gasteiger partial charge in [0.1, 0.15) is 5.82 Å². The molecule has 1 N–H and O–H groups in total. The van der Waals surface area contributed by atoms with Crippen molar-refractivity contribution < 1.29 is 5.11 Å². The molecule has 0 saturated carbocycles. The van der Waals surface area contributed by atoms with Crippen LogP contribution in [-0.2, 0) is 6.54 Å². The number of aliphatic hydroxyl groups excluding tert-OH is 1. The molecule has 1 aliphatic heterocycles. The first-order chi connectivity index (χ1) is 18.7. The summed E-state index contributed by atoms with van der Waals surface area (Å²) in [5.74, 6) is 1.03. The molecule has 38 heavy (non-hydrogen) atoms. The Morgan fingerprint density at radius 3 is 2.13 bits per heavy atom. The highest BCUT2D eigenvalue weighted by Crippen LogP contribution is 2.41. The molecule has 5 aromatic rings. The molecular weight excluding hydrogens is 468 g/mol. The fourth-order valence-electron chi connectivity index (χ4n) is 5.72. The minimum atomic E-state index is -0.487. The molecule has 6 rings (SSSR count). The Hall–Kier alpha value is -3.93. The number of pyridine rings is 1. The number of hydrogen-bond donors (Lipinski definition) is 1. The molecule has 5 nitrogen and oxygen atoms in total. The van der Waals surface area contributed by atoms with Crippen LogP contribution >= 0.6 is 0 Å². The second kappa shape index (κ2) is 10.8. The van der Waals surface area contributed by atoms with Crippen LogP contribution in [0.1, 0.15) is 5.56 Å². The van der Waals surface area contributed by atoms with Crippen molar-refractivity contribution in [1.29, 1.82) is 0 Å². The fourth-order valence-corrected chi connectivity index (χ4v) is 5.72. The minimum absolute atomic E-state index is 0.487. The van der Waals surface area contributed by atoms with E-state index in [1.165, 1.54) is 22.1 Å². The van der Waals surface area contributed by atoms with Crippen LogP contribution in [0.5, 0.6) is 0 Å². The Morgan fingerprint density at radius 1 is 0.763 bits per heavy atom. The van der Waals surface area contributed by atoms with Gasteiger partial charge in [-0.05, 0) is 42.3 Å². The van der Waals surface area contributed by atoms with Gasteiger partial charge in [-0.3, -0.25) is 4.90 Å². The quantitative estimate of drug-likeness (QED) is 0.303. The lowest BCUT2D eigenvalue weighted by Crippen LogP contribution is -2.49. The van der Waals surface area contributed by atoms with Crippen LogP contribution in [0.2, 0.25) is 0 Å². The van der Waals surface area contributed by atoms with Gasteiger partial charge in [0.2, 0.25) is 0 Å². The van der Waals surface area contributed by atoms with Crippen LogP contribution in [0.25, 0.3) is 33.3 Å². The summed E-state index contributed by atoms with van der Waals surface area (Å²) in [6, 6.07) is 33.9. The van der Waals surface area contributed by atoms with Crippen molar-refractivity contribution in [2.24, 2.45) is 0 Å². The molecule has 192 valence electrons. The Morgan fingerprint density at radius 2 is 1.45 bits per heavy atom. The van der Waals surface area contributed by atoms with Crippen molar-refractivity contribution in [3.8, 4) is 22.4 Å². The first kappa shape index (κ1) is 24.4. The number of β-amino-alcohol motifs (C(OH)–C–C–N with tert-alkyl or cyclic N) is 1. The van der Waals surface area contributed by atoms with Crippen LogP contribution in [0.4, 0.5) is 5.82 Å². The van der Waals surface area contributed by atoms with E-state index < -0.39 is 6.10 Å². The molecular formula is C33H34N4O. The Kier molecular flexibility index (Phi) is 6.95. The number of fused-ring (bicyclic) bond motifs is 1. The van der Waals surface area contributed by atoms with Gasteiger partial charge in [-0.1, -0.05) is 78.4 Å². The van der Waals surface area contributed by atoms with Crippen molar-refractivity contribution in [2.75, 3.05) is 37.6 Å². The van der Waals surface area contributed by atoms with Gasteiger partial charge in [-0.15, -0.1) is 0 Å².